The van der Waals surface area contributed by atoms with Crippen LogP contribution in [0, 0.1) is 11.2 Å². The van der Waals surface area contributed by atoms with Gasteiger partial charge in [-0.1, -0.05) is 12.8 Å². The van der Waals surface area contributed by atoms with E-state index in [1.54, 1.807) is 25.6 Å². The molecule has 15 heteroatoms. The van der Waals surface area contributed by atoms with Gasteiger partial charge in [-0.25, -0.2) is 24.3 Å². The number of hydrogen-bond donors (Lipinski definition) is 2. The summed E-state index contributed by atoms with van der Waals surface area (Å²) in [7, 11) is 3.60. The van der Waals surface area contributed by atoms with Crippen molar-refractivity contribution in [1.29, 1.82) is 0 Å². The van der Waals surface area contributed by atoms with Crippen LogP contribution in [0.2, 0.25) is 0 Å². The number of anilines is 2. The summed E-state index contributed by atoms with van der Waals surface area (Å²) in [6.07, 6.45) is 3.48. The molecule has 3 aromatic heterocycles. The van der Waals surface area contributed by atoms with E-state index in [-0.39, 0.29) is 28.7 Å². The normalized spacial score (nSPS) is 16.8. The lowest BCUT2D eigenvalue weighted by molar-refractivity contribution is -0.138. The lowest BCUT2D eigenvalue weighted by atomic mass is 9.86. The minimum atomic E-state index is -4.73. The molecule has 0 amide bonds. The molecule has 0 unspecified atom stereocenters. The van der Waals surface area contributed by atoms with E-state index in [9.17, 15) is 22.4 Å². The Morgan fingerprint density at radius 3 is 2.45 bits per heavy atom. The van der Waals surface area contributed by atoms with Gasteiger partial charge in [-0.3, -0.25) is 9.69 Å². The van der Waals surface area contributed by atoms with Crippen molar-refractivity contribution in [2.45, 2.75) is 44.7 Å². The summed E-state index contributed by atoms with van der Waals surface area (Å²) in [5.41, 5.74) is 0.914. The van der Waals surface area contributed by atoms with E-state index in [0.29, 0.717) is 54.2 Å². The molecule has 11 nitrogen and oxygen atoms in total. The zero-order valence-corrected chi connectivity index (χ0v) is 27.6. The Hall–Kier alpha value is -4.37. The fourth-order valence-corrected chi connectivity index (χ4v) is 7.07. The third kappa shape index (κ3) is 7.93. The van der Waals surface area contributed by atoms with E-state index in [0.717, 1.165) is 70.5 Å². The highest BCUT2D eigenvalue weighted by Crippen LogP contribution is 2.41. The van der Waals surface area contributed by atoms with Crippen LogP contribution in [0.1, 0.15) is 44.1 Å². The number of carbonyl (C=O) groups is 1. The van der Waals surface area contributed by atoms with Crippen LogP contribution in [0.15, 0.2) is 36.7 Å². The van der Waals surface area contributed by atoms with E-state index in [1.807, 2.05) is 11.9 Å². The van der Waals surface area contributed by atoms with Gasteiger partial charge in [-0.2, -0.15) is 13.2 Å². The van der Waals surface area contributed by atoms with Crippen molar-refractivity contribution < 1.29 is 32.2 Å². The molecule has 262 valence electrons. The Labute approximate surface area is 281 Å². The van der Waals surface area contributed by atoms with Gasteiger partial charge in [0.15, 0.2) is 11.5 Å². The molecule has 2 aliphatic rings. The first-order valence-corrected chi connectivity index (χ1v) is 16.4. The maximum Gasteiger partial charge on any atom is 0.416 e. The molecule has 2 fully saturated rings. The van der Waals surface area contributed by atoms with Crippen molar-refractivity contribution in [3.05, 3.63) is 48.0 Å². The van der Waals surface area contributed by atoms with Gasteiger partial charge in [0.25, 0.3) is 0 Å². The van der Waals surface area contributed by atoms with Crippen LogP contribution in [0.25, 0.3) is 33.9 Å². The number of rotatable bonds is 12. The van der Waals surface area contributed by atoms with Crippen molar-refractivity contribution >= 4 is 28.6 Å². The third-order valence-corrected chi connectivity index (χ3v) is 9.50. The first kappa shape index (κ1) is 34.5. The van der Waals surface area contributed by atoms with Crippen LogP contribution in [-0.2, 0) is 15.7 Å². The molecule has 1 saturated carbocycles. The Bertz CT molecular complexity index is 1770. The minimum absolute atomic E-state index is 0.00739. The topological polar surface area (TPSA) is 124 Å². The summed E-state index contributed by atoms with van der Waals surface area (Å²) in [5, 5.41) is 8.89. The number of piperazine rings is 1. The Balaban J connectivity index is 1.30. The van der Waals surface area contributed by atoms with Gasteiger partial charge in [0.1, 0.15) is 22.8 Å². The molecule has 1 aliphatic heterocycles. The Kier molecular flexibility index (Phi) is 10.0. The number of carboxylic acids is 1. The van der Waals surface area contributed by atoms with E-state index < -0.39 is 23.5 Å². The molecule has 2 N–H and O–H groups in total. The number of hydrogen-bond acceptors (Lipinski definition) is 9. The zero-order chi connectivity index (χ0) is 34.8. The molecular formula is C34H40F4N8O3. The highest BCUT2D eigenvalue weighted by Gasteiger charge is 2.36. The van der Waals surface area contributed by atoms with E-state index in [2.05, 4.69) is 34.7 Å². The third-order valence-electron chi connectivity index (χ3n) is 9.50. The van der Waals surface area contributed by atoms with Crippen LogP contribution in [0.3, 0.4) is 0 Å². The number of H-pyrrole nitrogens is 1. The molecule has 0 radical (unpaired) electrons. The van der Waals surface area contributed by atoms with Crippen LogP contribution in [-0.4, -0.2) is 101 Å². The van der Waals surface area contributed by atoms with Crippen LogP contribution in [0.4, 0.5) is 29.1 Å². The molecule has 1 aliphatic carbocycles. The summed E-state index contributed by atoms with van der Waals surface area (Å²) >= 11 is 0. The number of aliphatic carboxylic acids is 1. The molecule has 0 bridgehead atoms. The summed E-state index contributed by atoms with van der Waals surface area (Å²) in [5.74, 6) is -0.704. The average Bonchev–Trinajstić information content (AvgIpc) is 3.71. The van der Waals surface area contributed by atoms with Crippen molar-refractivity contribution in [2.75, 3.05) is 69.8 Å². The molecule has 0 atom stereocenters. The average molecular weight is 685 g/mol. The highest BCUT2D eigenvalue weighted by molar-refractivity contribution is 5.91. The Morgan fingerprint density at radius 1 is 1.04 bits per heavy atom. The fraction of sp³-hybridized carbons (Fsp3) is 0.500. The van der Waals surface area contributed by atoms with Gasteiger partial charge >= 0.3 is 12.1 Å². The predicted octanol–water partition coefficient (Wildman–Crippen LogP) is 5.87. The maximum atomic E-state index is 14.5. The van der Waals surface area contributed by atoms with Crippen molar-refractivity contribution in [3.8, 4) is 22.8 Å². The first-order chi connectivity index (χ1) is 23.4. The van der Waals surface area contributed by atoms with Crippen LogP contribution < -0.4 is 9.80 Å². The Morgan fingerprint density at radius 2 is 1.80 bits per heavy atom. The van der Waals surface area contributed by atoms with E-state index in [4.69, 9.17) is 9.84 Å². The molecule has 4 heterocycles. The van der Waals surface area contributed by atoms with Crippen molar-refractivity contribution in [1.82, 2.24) is 29.8 Å². The molecule has 1 aromatic carbocycles. The number of fused-ring (bicyclic) bond motifs is 1. The molecule has 6 rings (SSSR count). The van der Waals surface area contributed by atoms with Gasteiger partial charge in [0.05, 0.1) is 35.9 Å². The minimum Gasteiger partial charge on any atom is -0.481 e. The number of aromatic nitrogens is 5. The number of nitrogens with one attached hydrogen (secondary N) is 1. The second-order valence-corrected chi connectivity index (χ2v) is 13.1. The van der Waals surface area contributed by atoms with Gasteiger partial charge in [0, 0.05) is 64.3 Å². The zero-order valence-electron chi connectivity index (χ0n) is 27.6. The standard InChI is InChI=1S/C34H40F4N8O3/c1-44(20-33(21-49-2)7-3-4-8-33)27-17-25(22-14-23(34(36,37)38)16-24(35)15-22)41-32-30(27)42-31(43-32)26-18-40-28(19-39-26)46-12-10-45(11-13-46)9-5-6-29(47)48/h14-19H,3-13,20-21H2,1-2H3,(H,47,48)(H,41,42,43). The monoisotopic (exact) mass is 684 g/mol. The quantitative estimate of drug-likeness (QED) is 0.175. The van der Waals surface area contributed by atoms with Crippen LogP contribution >= 0.6 is 0 Å². The number of carboxylic acid groups (broad SMARTS) is 1. The predicted molar refractivity (Wildman–Crippen MR) is 177 cm³/mol. The number of nitrogens with zero attached hydrogens (tertiary/aromatic N) is 7. The number of benzene rings is 1. The molecular weight excluding hydrogens is 644 g/mol. The number of ether oxygens (including phenoxy) is 1. The lowest BCUT2D eigenvalue weighted by Crippen LogP contribution is -2.47. The van der Waals surface area contributed by atoms with E-state index in [1.165, 1.54) is 0 Å². The van der Waals surface area contributed by atoms with Crippen LogP contribution in [0.5, 0.6) is 0 Å². The highest BCUT2D eigenvalue weighted by atomic mass is 19.4. The summed E-state index contributed by atoms with van der Waals surface area (Å²) in [4.78, 5) is 39.1. The smallest absolute Gasteiger partial charge is 0.416 e. The first-order valence-electron chi connectivity index (χ1n) is 16.4. The summed E-state index contributed by atoms with van der Waals surface area (Å²) in [6, 6.07) is 4.09. The number of aromatic amines is 1. The van der Waals surface area contributed by atoms with E-state index >= 15 is 0 Å². The SMILES string of the molecule is COCC1(CN(C)c2cc(-c3cc(F)cc(C(F)(F)F)c3)nc3nc(-c4cnc(N5CCN(CCCC(=O)O)CC5)cn4)[nH]c23)CCCC1. The van der Waals surface area contributed by atoms with Gasteiger partial charge < -0.3 is 24.6 Å². The fourth-order valence-electron chi connectivity index (χ4n) is 7.07. The molecule has 49 heavy (non-hydrogen) atoms. The molecule has 0 spiro atoms. The number of pyridine rings is 1. The molecule has 1 saturated heterocycles. The van der Waals surface area contributed by atoms with Gasteiger partial charge in [-0.05, 0) is 50.1 Å². The van der Waals surface area contributed by atoms with Crippen molar-refractivity contribution in [2.24, 2.45) is 5.41 Å². The van der Waals surface area contributed by atoms with Gasteiger partial charge in [-0.15, -0.1) is 0 Å². The number of halogens is 4. The summed E-state index contributed by atoms with van der Waals surface area (Å²) < 4.78 is 61.0. The lowest BCUT2D eigenvalue weighted by Gasteiger charge is -2.35. The summed E-state index contributed by atoms with van der Waals surface area (Å²) in [6.45, 7) is 4.99. The second-order valence-electron chi connectivity index (χ2n) is 13.1. The number of methoxy groups -OCH3 is 1. The number of alkyl halides is 3. The molecule has 4 aromatic rings. The van der Waals surface area contributed by atoms with Crippen molar-refractivity contribution in [3.63, 3.8) is 0 Å². The maximum absolute atomic E-state index is 14.5. The number of imidazole rings is 1. The second kappa shape index (κ2) is 14.2. The van der Waals surface area contributed by atoms with Gasteiger partial charge in [0.2, 0.25) is 0 Å². The largest absolute Gasteiger partial charge is 0.481 e.